The van der Waals surface area contributed by atoms with Crippen molar-refractivity contribution in [1.82, 2.24) is 25.0 Å². The molecule has 2 aromatic heterocycles. The molecule has 1 amide bonds. The molecule has 1 aliphatic rings. The third kappa shape index (κ3) is 7.21. The molecule has 0 radical (unpaired) electrons. The Morgan fingerprint density at radius 2 is 2.00 bits per heavy atom. The van der Waals surface area contributed by atoms with Crippen LogP contribution in [0, 0.1) is 5.82 Å². The highest BCUT2D eigenvalue weighted by Gasteiger charge is 2.31. The number of carbonyl (C=O) groups excluding carboxylic acids is 1. The minimum atomic E-state index is -4.02. The Morgan fingerprint density at radius 3 is 2.64 bits per heavy atom. The number of nitrogens with one attached hydrogen (secondary N) is 3. The minimum absolute atomic E-state index is 0.130. The topological polar surface area (TPSA) is 135 Å². The molecule has 0 spiro atoms. The van der Waals surface area contributed by atoms with Gasteiger partial charge in [-0.15, -0.1) is 11.3 Å². The van der Waals surface area contributed by atoms with E-state index in [0.29, 0.717) is 28.8 Å². The monoisotopic (exact) mass is 596 g/mol. The number of alkyl carbamates (subject to hydrolysis) is 1. The van der Waals surface area contributed by atoms with Gasteiger partial charge in [-0.2, -0.15) is 0 Å². The number of hydrogen-bond acceptors (Lipinski definition) is 9. The number of ether oxygens (including phenoxy) is 1. The Bertz CT molecular complexity index is 1490. The summed E-state index contributed by atoms with van der Waals surface area (Å²) in [6, 6.07) is 3.47. The minimum Gasteiger partial charge on any atom is -0.444 e. The molecule has 0 unspecified atom stereocenters. The lowest BCUT2D eigenvalue weighted by Crippen LogP contribution is -2.41. The van der Waals surface area contributed by atoms with Crippen LogP contribution in [0.3, 0.4) is 0 Å². The molecule has 14 heteroatoms. The van der Waals surface area contributed by atoms with E-state index < -0.39 is 27.5 Å². The largest absolute Gasteiger partial charge is 0.444 e. The van der Waals surface area contributed by atoms with Crippen molar-refractivity contribution in [3.05, 3.63) is 40.2 Å². The van der Waals surface area contributed by atoms with Crippen LogP contribution in [0.2, 0.25) is 5.02 Å². The van der Waals surface area contributed by atoms with E-state index >= 15 is 0 Å². The van der Waals surface area contributed by atoms with E-state index in [-0.39, 0.29) is 27.4 Å². The van der Waals surface area contributed by atoms with Crippen molar-refractivity contribution in [2.75, 3.05) is 18.9 Å². The van der Waals surface area contributed by atoms with E-state index in [9.17, 15) is 17.6 Å². The zero-order chi connectivity index (χ0) is 28.5. The molecule has 3 aromatic rings. The fourth-order valence-corrected chi connectivity index (χ4v) is 6.17. The van der Waals surface area contributed by atoms with Gasteiger partial charge in [0, 0.05) is 30.3 Å². The van der Waals surface area contributed by atoms with Gasteiger partial charge in [-0.1, -0.05) is 11.6 Å². The maximum absolute atomic E-state index is 14.6. The number of anilines is 1. The zero-order valence-corrected chi connectivity index (χ0v) is 24.5. The maximum atomic E-state index is 14.6. The van der Waals surface area contributed by atoms with Crippen LogP contribution in [0.1, 0.15) is 51.5 Å². The summed E-state index contributed by atoms with van der Waals surface area (Å²) < 4.78 is 47.1. The summed E-state index contributed by atoms with van der Waals surface area (Å²) in [5, 5.41) is 6.57. The van der Waals surface area contributed by atoms with Crippen LogP contribution in [0.5, 0.6) is 0 Å². The van der Waals surface area contributed by atoms with Gasteiger partial charge in [-0.05, 0) is 65.8 Å². The summed E-state index contributed by atoms with van der Waals surface area (Å²) in [6.07, 6.45) is 3.02. The van der Waals surface area contributed by atoms with Crippen molar-refractivity contribution in [3.63, 3.8) is 0 Å². The van der Waals surface area contributed by atoms with Crippen molar-refractivity contribution >= 4 is 45.0 Å². The summed E-state index contributed by atoms with van der Waals surface area (Å²) in [6.45, 7) is 7.50. The van der Waals surface area contributed by atoms with Gasteiger partial charge in [0.2, 0.25) is 16.0 Å². The van der Waals surface area contributed by atoms with E-state index in [0.717, 1.165) is 23.9 Å². The standard InChI is InChI=1S/C25H30ClFN6O4S2/c1-13(31-24(34)37-25(2,3)4)12-30-23-29-9-8-17(32-23)21-20(33-22(38-21)14-6-7-14)16-10-15(27)11-18(19(16)26)39(35,36)28-5/h8-11,13-14,28H,6-7,12H2,1-5H3,(H,31,34)(H,29,30,32)/t13-/m0/s1. The molecule has 210 valence electrons. The van der Waals surface area contributed by atoms with Gasteiger partial charge in [-0.3, -0.25) is 0 Å². The quantitative estimate of drug-likeness (QED) is 0.308. The molecule has 1 fully saturated rings. The smallest absolute Gasteiger partial charge is 0.407 e. The van der Waals surface area contributed by atoms with Crippen molar-refractivity contribution in [2.45, 2.75) is 63.0 Å². The molecule has 0 bridgehead atoms. The first-order chi connectivity index (χ1) is 18.3. The number of carbonyl (C=O) groups is 1. The number of sulfonamides is 1. The summed E-state index contributed by atoms with van der Waals surface area (Å²) >= 11 is 7.94. The van der Waals surface area contributed by atoms with E-state index in [1.807, 2.05) is 6.92 Å². The molecule has 1 atom stereocenters. The van der Waals surface area contributed by atoms with Crippen LogP contribution in [-0.2, 0) is 14.8 Å². The van der Waals surface area contributed by atoms with Gasteiger partial charge in [0.15, 0.2) is 0 Å². The normalized spacial score (nSPS) is 14.6. The van der Waals surface area contributed by atoms with Gasteiger partial charge in [0.05, 0.1) is 26.3 Å². The number of nitrogens with zero attached hydrogens (tertiary/aromatic N) is 3. The van der Waals surface area contributed by atoms with E-state index in [1.165, 1.54) is 24.5 Å². The number of aromatic nitrogens is 3. The molecule has 4 rings (SSSR count). The molecule has 1 saturated carbocycles. The molecular formula is C25H30ClFN6O4S2. The Balaban J connectivity index is 1.64. The Hall–Kier alpha value is -2.87. The predicted molar refractivity (Wildman–Crippen MR) is 149 cm³/mol. The lowest BCUT2D eigenvalue weighted by atomic mass is 10.1. The van der Waals surface area contributed by atoms with Crippen molar-refractivity contribution < 1.29 is 22.3 Å². The van der Waals surface area contributed by atoms with Crippen LogP contribution < -0.4 is 15.4 Å². The summed E-state index contributed by atoms with van der Waals surface area (Å²) in [7, 11) is -2.79. The predicted octanol–water partition coefficient (Wildman–Crippen LogP) is 5.17. The molecule has 0 saturated heterocycles. The Kier molecular flexibility index (Phi) is 8.45. The van der Waals surface area contributed by atoms with Gasteiger partial charge in [0.25, 0.3) is 0 Å². The van der Waals surface area contributed by atoms with E-state index in [1.54, 1.807) is 33.0 Å². The molecule has 10 nitrogen and oxygen atoms in total. The number of hydrogen-bond donors (Lipinski definition) is 3. The second kappa shape index (κ2) is 11.3. The van der Waals surface area contributed by atoms with Crippen LogP contribution >= 0.6 is 22.9 Å². The van der Waals surface area contributed by atoms with Crippen LogP contribution in [-0.4, -0.2) is 54.7 Å². The van der Waals surface area contributed by atoms with E-state index in [4.69, 9.17) is 21.3 Å². The van der Waals surface area contributed by atoms with Gasteiger partial charge in [-0.25, -0.2) is 37.3 Å². The molecule has 3 N–H and O–H groups in total. The second-order valence-electron chi connectivity index (χ2n) is 10.2. The first kappa shape index (κ1) is 29.1. The highest BCUT2D eigenvalue weighted by molar-refractivity contribution is 7.89. The second-order valence-corrected chi connectivity index (χ2v) is 13.4. The molecule has 39 heavy (non-hydrogen) atoms. The van der Waals surface area contributed by atoms with Gasteiger partial charge >= 0.3 is 6.09 Å². The Morgan fingerprint density at radius 1 is 1.28 bits per heavy atom. The third-order valence-corrected chi connectivity index (χ3v) is 8.80. The lowest BCUT2D eigenvalue weighted by molar-refractivity contribution is 0.0511. The molecule has 2 heterocycles. The summed E-state index contributed by atoms with van der Waals surface area (Å²) in [5.41, 5.74) is 0.414. The fraction of sp³-hybridized carbons (Fsp3) is 0.440. The maximum Gasteiger partial charge on any atom is 0.407 e. The SMILES string of the molecule is CNS(=O)(=O)c1cc(F)cc(-c2nc(C3CC3)sc2-c2ccnc(NC[C@H](C)NC(=O)OC(C)(C)C)n2)c1Cl. The molecule has 1 aliphatic carbocycles. The van der Waals surface area contributed by atoms with Crippen LogP contribution in [0.4, 0.5) is 15.1 Å². The van der Waals surface area contributed by atoms with Crippen LogP contribution in [0.25, 0.3) is 21.8 Å². The fourth-order valence-electron chi connectivity index (χ4n) is 3.61. The van der Waals surface area contributed by atoms with Crippen molar-refractivity contribution in [3.8, 4) is 21.8 Å². The number of thiazole rings is 1. The molecule has 1 aromatic carbocycles. The van der Waals surface area contributed by atoms with E-state index in [2.05, 4.69) is 25.3 Å². The highest BCUT2D eigenvalue weighted by Crippen LogP contribution is 2.48. The Labute approximate surface area is 235 Å². The zero-order valence-electron chi connectivity index (χ0n) is 22.1. The lowest BCUT2D eigenvalue weighted by Gasteiger charge is -2.22. The average molecular weight is 597 g/mol. The number of benzene rings is 1. The highest BCUT2D eigenvalue weighted by atomic mass is 35.5. The summed E-state index contributed by atoms with van der Waals surface area (Å²) in [5.74, 6) is -0.164. The number of halogens is 2. The van der Waals surface area contributed by atoms with Crippen molar-refractivity contribution in [1.29, 1.82) is 0 Å². The first-order valence-electron chi connectivity index (χ1n) is 12.3. The molecular weight excluding hydrogens is 567 g/mol. The first-order valence-corrected chi connectivity index (χ1v) is 15.0. The van der Waals surface area contributed by atoms with Crippen molar-refractivity contribution in [2.24, 2.45) is 0 Å². The summed E-state index contributed by atoms with van der Waals surface area (Å²) in [4.78, 5) is 25.9. The molecule has 0 aliphatic heterocycles. The third-order valence-electron chi connectivity index (χ3n) is 5.61. The van der Waals surface area contributed by atoms with Crippen LogP contribution in [0.15, 0.2) is 29.3 Å². The van der Waals surface area contributed by atoms with Gasteiger partial charge < -0.3 is 15.4 Å². The number of rotatable bonds is 9. The van der Waals surface area contributed by atoms with Gasteiger partial charge in [0.1, 0.15) is 16.3 Å². The number of amides is 1. The average Bonchev–Trinajstić information content (AvgIpc) is 3.61.